The van der Waals surface area contributed by atoms with E-state index in [9.17, 15) is 9.90 Å². The molecule has 1 aromatic carbocycles. The van der Waals surface area contributed by atoms with Crippen LogP contribution in [0.4, 0.5) is 0 Å². The van der Waals surface area contributed by atoms with Crippen molar-refractivity contribution in [1.29, 1.82) is 0 Å². The molecule has 1 fully saturated rings. The molecule has 1 N–H and O–H groups in total. The van der Waals surface area contributed by atoms with Gasteiger partial charge in [-0.3, -0.25) is 14.7 Å². The predicted molar refractivity (Wildman–Crippen MR) is 79.8 cm³/mol. The van der Waals surface area contributed by atoms with E-state index < -0.39 is 5.97 Å². The molecule has 3 rings (SSSR count). The van der Waals surface area contributed by atoms with Crippen LogP contribution < -0.4 is 0 Å². The Hall–Kier alpha value is -2.20. The van der Waals surface area contributed by atoms with E-state index in [0.29, 0.717) is 6.54 Å². The fraction of sp³-hybridized carbons (Fsp3) is 0.294. The van der Waals surface area contributed by atoms with Gasteiger partial charge in [0.15, 0.2) is 0 Å². The lowest BCUT2D eigenvalue weighted by Gasteiger charge is -2.16. The number of benzene rings is 1. The second-order valence-electron chi connectivity index (χ2n) is 5.51. The highest BCUT2D eigenvalue weighted by molar-refractivity contribution is 5.72. The Morgan fingerprint density at radius 3 is 2.52 bits per heavy atom. The molecular weight excluding hydrogens is 264 g/mol. The average molecular weight is 282 g/mol. The molecule has 0 radical (unpaired) electrons. The molecule has 0 bridgehead atoms. The van der Waals surface area contributed by atoms with Gasteiger partial charge in [0.25, 0.3) is 0 Å². The minimum Gasteiger partial charge on any atom is -0.481 e. The molecule has 0 unspecified atom stereocenters. The Morgan fingerprint density at radius 2 is 1.86 bits per heavy atom. The highest BCUT2D eigenvalue weighted by Gasteiger charge is 2.38. The third-order valence-electron chi connectivity index (χ3n) is 4.10. The van der Waals surface area contributed by atoms with Crippen LogP contribution in [-0.2, 0) is 11.3 Å². The van der Waals surface area contributed by atoms with Gasteiger partial charge < -0.3 is 5.11 Å². The predicted octanol–water partition coefficient (Wildman–Crippen LogP) is 2.38. The Labute approximate surface area is 124 Å². The topological polar surface area (TPSA) is 53.4 Å². The zero-order valence-electron chi connectivity index (χ0n) is 11.7. The van der Waals surface area contributed by atoms with Crippen molar-refractivity contribution in [3.63, 3.8) is 0 Å². The van der Waals surface area contributed by atoms with Crippen molar-refractivity contribution in [2.75, 3.05) is 13.1 Å². The van der Waals surface area contributed by atoms with Crippen LogP contribution >= 0.6 is 0 Å². The smallest absolute Gasteiger partial charge is 0.308 e. The van der Waals surface area contributed by atoms with Crippen LogP contribution in [0, 0.1) is 5.92 Å². The largest absolute Gasteiger partial charge is 0.481 e. The highest BCUT2D eigenvalue weighted by Crippen LogP contribution is 2.33. The number of aliphatic carboxylic acids is 1. The van der Waals surface area contributed by atoms with E-state index in [0.717, 1.165) is 18.7 Å². The Morgan fingerprint density at radius 1 is 1.14 bits per heavy atom. The van der Waals surface area contributed by atoms with Gasteiger partial charge in [0.2, 0.25) is 0 Å². The lowest BCUT2D eigenvalue weighted by Crippen LogP contribution is -2.23. The normalized spacial score (nSPS) is 22.3. The number of aromatic nitrogens is 1. The summed E-state index contributed by atoms with van der Waals surface area (Å²) in [6.45, 7) is 2.17. The van der Waals surface area contributed by atoms with Gasteiger partial charge in [-0.25, -0.2) is 0 Å². The second-order valence-corrected chi connectivity index (χ2v) is 5.51. The molecule has 2 atom stereocenters. The van der Waals surface area contributed by atoms with Gasteiger partial charge in [-0.2, -0.15) is 0 Å². The number of pyridine rings is 1. The number of likely N-dealkylation sites (tertiary alicyclic amines) is 1. The minimum atomic E-state index is -0.715. The molecule has 4 nitrogen and oxygen atoms in total. The first-order valence-corrected chi connectivity index (χ1v) is 7.13. The van der Waals surface area contributed by atoms with Gasteiger partial charge in [0.05, 0.1) is 5.92 Å². The van der Waals surface area contributed by atoms with E-state index in [2.05, 4.69) is 22.0 Å². The fourth-order valence-corrected chi connectivity index (χ4v) is 3.05. The molecule has 1 aliphatic heterocycles. The van der Waals surface area contributed by atoms with Crippen LogP contribution in [-0.4, -0.2) is 34.0 Å². The van der Waals surface area contributed by atoms with E-state index in [1.807, 2.05) is 30.3 Å². The number of hydrogen-bond acceptors (Lipinski definition) is 3. The van der Waals surface area contributed by atoms with Crippen LogP contribution in [0.3, 0.4) is 0 Å². The van der Waals surface area contributed by atoms with Gasteiger partial charge >= 0.3 is 5.97 Å². The summed E-state index contributed by atoms with van der Waals surface area (Å²) >= 11 is 0. The molecule has 0 spiro atoms. The van der Waals surface area contributed by atoms with Gasteiger partial charge in [0.1, 0.15) is 0 Å². The Balaban J connectivity index is 1.77. The number of carbonyl (C=O) groups is 1. The quantitative estimate of drug-likeness (QED) is 0.935. The molecule has 1 aromatic heterocycles. The summed E-state index contributed by atoms with van der Waals surface area (Å²) in [6, 6.07) is 14.0. The first kappa shape index (κ1) is 13.8. The zero-order valence-corrected chi connectivity index (χ0v) is 11.7. The van der Waals surface area contributed by atoms with Crippen molar-refractivity contribution >= 4 is 5.97 Å². The van der Waals surface area contributed by atoms with Crippen LogP contribution in [0.25, 0.3) is 0 Å². The zero-order chi connectivity index (χ0) is 14.7. The third-order valence-corrected chi connectivity index (χ3v) is 4.10. The standard InChI is InChI=1S/C17H18N2O2/c20-17(21)16-12-19(10-13-4-2-1-3-5-13)11-15(16)14-6-8-18-9-7-14/h1-9,15-16H,10-12H2,(H,20,21)/t15-,16-/m0/s1. The monoisotopic (exact) mass is 282 g/mol. The van der Waals surface area contributed by atoms with Crippen LogP contribution in [0.2, 0.25) is 0 Å². The molecule has 2 heterocycles. The molecule has 21 heavy (non-hydrogen) atoms. The summed E-state index contributed by atoms with van der Waals surface area (Å²) in [5, 5.41) is 9.49. The summed E-state index contributed by atoms with van der Waals surface area (Å²) in [6.07, 6.45) is 3.46. The summed E-state index contributed by atoms with van der Waals surface area (Å²) < 4.78 is 0. The summed E-state index contributed by atoms with van der Waals surface area (Å²) in [7, 11) is 0. The summed E-state index contributed by atoms with van der Waals surface area (Å²) in [5.41, 5.74) is 2.28. The number of carboxylic acids is 1. The highest BCUT2D eigenvalue weighted by atomic mass is 16.4. The maximum atomic E-state index is 11.5. The number of nitrogens with zero attached hydrogens (tertiary/aromatic N) is 2. The van der Waals surface area contributed by atoms with Gasteiger partial charge in [-0.15, -0.1) is 0 Å². The molecule has 1 saturated heterocycles. The molecular formula is C17H18N2O2. The van der Waals surface area contributed by atoms with Crippen molar-refractivity contribution in [3.05, 3.63) is 66.0 Å². The summed E-state index contributed by atoms with van der Waals surface area (Å²) in [4.78, 5) is 17.8. The van der Waals surface area contributed by atoms with Gasteiger partial charge in [-0.1, -0.05) is 30.3 Å². The van der Waals surface area contributed by atoms with Crippen molar-refractivity contribution in [3.8, 4) is 0 Å². The molecule has 0 saturated carbocycles. The van der Waals surface area contributed by atoms with E-state index in [1.165, 1.54) is 5.56 Å². The number of hydrogen-bond donors (Lipinski definition) is 1. The molecule has 1 aliphatic rings. The first-order chi connectivity index (χ1) is 10.2. The lowest BCUT2D eigenvalue weighted by molar-refractivity contribution is -0.141. The summed E-state index contributed by atoms with van der Waals surface area (Å²) in [5.74, 6) is -1.03. The van der Waals surface area contributed by atoms with Crippen LogP contribution in [0.5, 0.6) is 0 Å². The first-order valence-electron chi connectivity index (χ1n) is 7.13. The van der Waals surface area contributed by atoms with Crippen molar-refractivity contribution in [2.24, 2.45) is 5.92 Å². The average Bonchev–Trinajstić information content (AvgIpc) is 2.93. The minimum absolute atomic E-state index is 0.0363. The number of carboxylic acid groups (broad SMARTS) is 1. The van der Waals surface area contributed by atoms with E-state index in [-0.39, 0.29) is 11.8 Å². The maximum Gasteiger partial charge on any atom is 0.308 e. The van der Waals surface area contributed by atoms with E-state index >= 15 is 0 Å². The maximum absolute atomic E-state index is 11.5. The van der Waals surface area contributed by atoms with Gasteiger partial charge in [0, 0.05) is 37.9 Å². The lowest BCUT2D eigenvalue weighted by atomic mass is 9.90. The third kappa shape index (κ3) is 3.11. The van der Waals surface area contributed by atoms with Crippen molar-refractivity contribution < 1.29 is 9.90 Å². The molecule has 2 aromatic rings. The molecule has 0 amide bonds. The molecule has 0 aliphatic carbocycles. The molecule has 4 heteroatoms. The van der Waals surface area contributed by atoms with Gasteiger partial charge in [-0.05, 0) is 23.3 Å². The van der Waals surface area contributed by atoms with E-state index in [4.69, 9.17) is 0 Å². The van der Waals surface area contributed by atoms with E-state index in [1.54, 1.807) is 12.4 Å². The Kier molecular flexibility index (Phi) is 3.97. The van der Waals surface area contributed by atoms with Crippen molar-refractivity contribution in [2.45, 2.75) is 12.5 Å². The Bertz CT molecular complexity index is 601. The number of rotatable bonds is 4. The second kappa shape index (κ2) is 6.06. The SMILES string of the molecule is O=C(O)[C@H]1CN(Cc2ccccc2)C[C@H]1c1ccncc1. The molecule has 108 valence electrons. The van der Waals surface area contributed by atoms with Crippen LogP contribution in [0.1, 0.15) is 17.0 Å². The van der Waals surface area contributed by atoms with Crippen molar-refractivity contribution in [1.82, 2.24) is 9.88 Å². The fourth-order valence-electron chi connectivity index (χ4n) is 3.05. The van der Waals surface area contributed by atoms with Crippen LogP contribution in [0.15, 0.2) is 54.9 Å².